The molecule has 1 aliphatic heterocycles. The highest BCUT2D eigenvalue weighted by atomic mass is 16.5. The zero-order chi connectivity index (χ0) is 14.2. The summed E-state index contributed by atoms with van der Waals surface area (Å²) < 4.78 is 5.27. The number of hydrogen-bond acceptors (Lipinski definition) is 3. The van der Waals surface area contributed by atoms with Crippen LogP contribution in [0.1, 0.15) is 24.5 Å². The second-order valence-electron chi connectivity index (χ2n) is 5.30. The predicted octanol–water partition coefficient (Wildman–Crippen LogP) is 1.02. The Morgan fingerprint density at radius 2 is 2.25 bits per heavy atom. The first-order valence-corrected chi connectivity index (χ1v) is 6.97. The largest absolute Gasteiger partial charge is 0.497 e. The molecule has 1 amide bonds. The van der Waals surface area contributed by atoms with E-state index in [1.54, 1.807) is 7.11 Å². The number of rotatable bonds is 2. The van der Waals surface area contributed by atoms with Gasteiger partial charge < -0.3 is 10.1 Å². The SMILES string of the molecule is CCN=C1NC(=O)C2(CCc3ccc(OC)cc3C2)N1. The Morgan fingerprint density at radius 1 is 1.40 bits per heavy atom. The number of carbonyl (C=O) groups is 1. The monoisotopic (exact) mass is 273 g/mol. The molecule has 2 N–H and O–H groups in total. The van der Waals surface area contributed by atoms with Gasteiger partial charge in [0, 0.05) is 13.0 Å². The molecule has 2 aliphatic rings. The van der Waals surface area contributed by atoms with Crippen molar-refractivity contribution < 1.29 is 9.53 Å². The van der Waals surface area contributed by atoms with Crippen LogP contribution in [0.3, 0.4) is 0 Å². The van der Waals surface area contributed by atoms with Gasteiger partial charge >= 0.3 is 0 Å². The number of methoxy groups -OCH3 is 1. The van der Waals surface area contributed by atoms with Gasteiger partial charge in [-0.05, 0) is 43.0 Å². The van der Waals surface area contributed by atoms with Crippen molar-refractivity contribution in [1.82, 2.24) is 10.6 Å². The number of amides is 1. The summed E-state index contributed by atoms with van der Waals surface area (Å²) in [5.74, 6) is 1.46. The third kappa shape index (κ3) is 2.03. The van der Waals surface area contributed by atoms with Crippen LogP contribution in [-0.4, -0.2) is 31.1 Å². The van der Waals surface area contributed by atoms with Gasteiger partial charge in [-0.1, -0.05) is 6.07 Å². The molecule has 106 valence electrons. The normalized spacial score (nSPS) is 26.3. The second-order valence-corrected chi connectivity index (χ2v) is 5.30. The van der Waals surface area contributed by atoms with Gasteiger partial charge in [0.1, 0.15) is 11.3 Å². The molecule has 1 heterocycles. The molecule has 20 heavy (non-hydrogen) atoms. The molecular formula is C15H19N3O2. The highest BCUT2D eigenvalue weighted by Crippen LogP contribution is 2.32. The van der Waals surface area contributed by atoms with Gasteiger partial charge in [0.25, 0.3) is 5.91 Å². The summed E-state index contributed by atoms with van der Waals surface area (Å²) >= 11 is 0. The van der Waals surface area contributed by atoms with Crippen molar-refractivity contribution in [3.63, 3.8) is 0 Å². The van der Waals surface area contributed by atoms with E-state index in [0.717, 1.165) is 18.6 Å². The number of hydrogen-bond donors (Lipinski definition) is 2. The van der Waals surface area contributed by atoms with Crippen molar-refractivity contribution >= 4 is 11.9 Å². The molecule has 1 fully saturated rings. The molecule has 1 aromatic rings. The number of fused-ring (bicyclic) bond motifs is 1. The first kappa shape index (κ1) is 13.0. The Labute approximate surface area is 118 Å². The van der Waals surface area contributed by atoms with Crippen LogP contribution in [0, 0.1) is 0 Å². The van der Waals surface area contributed by atoms with Crippen LogP contribution >= 0.6 is 0 Å². The van der Waals surface area contributed by atoms with E-state index in [9.17, 15) is 4.79 Å². The van der Waals surface area contributed by atoms with Crippen LogP contribution < -0.4 is 15.4 Å². The summed E-state index contributed by atoms with van der Waals surface area (Å²) in [4.78, 5) is 16.6. The highest BCUT2D eigenvalue weighted by Gasteiger charge is 2.46. The van der Waals surface area contributed by atoms with Crippen LogP contribution in [-0.2, 0) is 17.6 Å². The molecule has 0 aromatic heterocycles. The summed E-state index contributed by atoms with van der Waals surface area (Å²) in [7, 11) is 1.66. The van der Waals surface area contributed by atoms with Gasteiger partial charge in [-0.2, -0.15) is 0 Å². The second kappa shape index (κ2) is 4.81. The third-order valence-corrected chi connectivity index (χ3v) is 4.07. The van der Waals surface area contributed by atoms with E-state index >= 15 is 0 Å². The summed E-state index contributed by atoms with van der Waals surface area (Å²) in [5.41, 5.74) is 1.93. The van der Waals surface area contributed by atoms with Crippen molar-refractivity contribution in [2.45, 2.75) is 31.7 Å². The van der Waals surface area contributed by atoms with Gasteiger partial charge in [-0.3, -0.25) is 15.1 Å². The van der Waals surface area contributed by atoms with Crippen LogP contribution in [0.5, 0.6) is 5.75 Å². The molecule has 1 aromatic carbocycles. The van der Waals surface area contributed by atoms with E-state index in [4.69, 9.17) is 4.74 Å². The topological polar surface area (TPSA) is 62.7 Å². The Hall–Kier alpha value is -2.04. The third-order valence-electron chi connectivity index (χ3n) is 4.07. The first-order valence-electron chi connectivity index (χ1n) is 6.97. The number of aryl methyl sites for hydroxylation is 1. The Bertz CT molecular complexity index is 582. The van der Waals surface area contributed by atoms with E-state index in [0.29, 0.717) is 18.9 Å². The van der Waals surface area contributed by atoms with Gasteiger partial charge in [-0.15, -0.1) is 0 Å². The maximum absolute atomic E-state index is 12.3. The van der Waals surface area contributed by atoms with E-state index in [1.165, 1.54) is 11.1 Å². The van der Waals surface area contributed by atoms with Crippen LogP contribution in [0.15, 0.2) is 23.2 Å². The zero-order valence-electron chi connectivity index (χ0n) is 11.8. The lowest BCUT2D eigenvalue weighted by molar-refractivity contribution is -0.124. The number of nitrogens with zero attached hydrogens (tertiary/aromatic N) is 1. The number of carbonyl (C=O) groups excluding carboxylic acids is 1. The molecule has 5 heteroatoms. The number of nitrogens with one attached hydrogen (secondary N) is 2. The fourth-order valence-electron chi connectivity index (χ4n) is 2.98. The van der Waals surface area contributed by atoms with Crippen LogP contribution in [0.2, 0.25) is 0 Å². The first-order chi connectivity index (χ1) is 9.66. The van der Waals surface area contributed by atoms with Crippen molar-refractivity contribution in [2.75, 3.05) is 13.7 Å². The standard InChI is InChI=1S/C15H19N3O2/c1-3-16-14-17-13(19)15(18-14)7-6-10-4-5-12(20-2)8-11(10)9-15/h4-5,8H,3,6-7,9H2,1-2H3,(H2,16,17,18,19). The molecule has 0 bridgehead atoms. The summed E-state index contributed by atoms with van der Waals surface area (Å²) in [6.45, 7) is 2.61. The highest BCUT2D eigenvalue weighted by molar-refractivity contribution is 6.09. The van der Waals surface area contributed by atoms with Crippen molar-refractivity contribution in [2.24, 2.45) is 4.99 Å². The number of aliphatic imine (C=N–C) groups is 1. The molecule has 1 saturated heterocycles. The van der Waals surface area contributed by atoms with E-state index in [-0.39, 0.29) is 5.91 Å². The lowest BCUT2D eigenvalue weighted by Crippen LogP contribution is -2.51. The Kier molecular flexibility index (Phi) is 3.12. The van der Waals surface area contributed by atoms with Crippen LogP contribution in [0.4, 0.5) is 0 Å². The number of benzene rings is 1. The summed E-state index contributed by atoms with van der Waals surface area (Å²) in [5, 5.41) is 6.13. The molecule has 1 aliphatic carbocycles. The average Bonchev–Trinajstić information content (AvgIpc) is 2.74. The van der Waals surface area contributed by atoms with Crippen molar-refractivity contribution in [3.8, 4) is 5.75 Å². The fraction of sp³-hybridized carbons (Fsp3) is 0.467. The molecule has 0 radical (unpaired) electrons. The van der Waals surface area contributed by atoms with Crippen molar-refractivity contribution in [3.05, 3.63) is 29.3 Å². The van der Waals surface area contributed by atoms with E-state index < -0.39 is 5.54 Å². The van der Waals surface area contributed by atoms with Gasteiger partial charge in [-0.25, -0.2) is 0 Å². The fourth-order valence-corrected chi connectivity index (χ4v) is 2.98. The molecule has 5 nitrogen and oxygen atoms in total. The van der Waals surface area contributed by atoms with Gasteiger partial charge in [0.2, 0.25) is 0 Å². The quantitative estimate of drug-likeness (QED) is 0.845. The minimum absolute atomic E-state index is 0.0261. The maximum atomic E-state index is 12.3. The van der Waals surface area contributed by atoms with Crippen LogP contribution in [0.25, 0.3) is 0 Å². The molecule has 1 spiro atoms. The molecule has 1 unspecified atom stereocenters. The Morgan fingerprint density at radius 3 is 3.00 bits per heavy atom. The number of ether oxygens (including phenoxy) is 1. The Balaban J connectivity index is 1.91. The minimum atomic E-state index is -0.548. The van der Waals surface area contributed by atoms with Gasteiger partial charge in [0.15, 0.2) is 5.96 Å². The van der Waals surface area contributed by atoms with E-state index in [2.05, 4.69) is 21.7 Å². The maximum Gasteiger partial charge on any atom is 0.252 e. The molecule has 3 rings (SSSR count). The smallest absolute Gasteiger partial charge is 0.252 e. The van der Waals surface area contributed by atoms with Crippen molar-refractivity contribution in [1.29, 1.82) is 0 Å². The number of guanidine groups is 1. The predicted molar refractivity (Wildman–Crippen MR) is 77.0 cm³/mol. The lowest BCUT2D eigenvalue weighted by atomic mass is 9.78. The molecular weight excluding hydrogens is 254 g/mol. The summed E-state index contributed by atoms with van der Waals surface area (Å²) in [6, 6.07) is 6.10. The minimum Gasteiger partial charge on any atom is -0.497 e. The molecule has 0 saturated carbocycles. The zero-order valence-corrected chi connectivity index (χ0v) is 11.8. The molecule has 1 atom stereocenters. The van der Waals surface area contributed by atoms with E-state index in [1.807, 2.05) is 19.1 Å². The lowest BCUT2D eigenvalue weighted by Gasteiger charge is -2.32. The summed E-state index contributed by atoms with van der Waals surface area (Å²) in [6.07, 6.45) is 2.36. The van der Waals surface area contributed by atoms with Gasteiger partial charge in [0.05, 0.1) is 7.11 Å². The average molecular weight is 273 g/mol.